The van der Waals surface area contributed by atoms with Gasteiger partial charge in [0.25, 0.3) is 5.91 Å². The predicted octanol–water partition coefficient (Wildman–Crippen LogP) is 3.36. The SMILES string of the molecule is CC(NC(=O)COc1ccccc1F)c1ccc(F)cc1F. The van der Waals surface area contributed by atoms with Crippen LogP contribution >= 0.6 is 0 Å². The van der Waals surface area contributed by atoms with Gasteiger partial charge in [-0.2, -0.15) is 0 Å². The number of ether oxygens (including phenoxy) is 1. The highest BCUT2D eigenvalue weighted by molar-refractivity contribution is 5.78. The van der Waals surface area contributed by atoms with E-state index in [2.05, 4.69) is 5.32 Å². The highest BCUT2D eigenvalue weighted by Crippen LogP contribution is 2.18. The van der Waals surface area contributed by atoms with Gasteiger partial charge in [0, 0.05) is 11.6 Å². The van der Waals surface area contributed by atoms with Gasteiger partial charge in [-0.1, -0.05) is 18.2 Å². The molecule has 0 spiro atoms. The van der Waals surface area contributed by atoms with Crippen LogP contribution in [0.3, 0.4) is 0 Å². The van der Waals surface area contributed by atoms with E-state index < -0.39 is 36.0 Å². The van der Waals surface area contributed by atoms with E-state index in [9.17, 15) is 18.0 Å². The van der Waals surface area contributed by atoms with E-state index in [0.717, 1.165) is 12.1 Å². The number of rotatable bonds is 5. The Balaban J connectivity index is 1.93. The molecule has 1 unspecified atom stereocenters. The topological polar surface area (TPSA) is 38.3 Å². The van der Waals surface area contributed by atoms with Crippen molar-refractivity contribution in [3.8, 4) is 5.75 Å². The number of nitrogens with one attached hydrogen (secondary N) is 1. The molecular formula is C16H14F3NO2. The molecule has 0 aromatic heterocycles. The van der Waals surface area contributed by atoms with Gasteiger partial charge in [-0.05, 0) is 25.1 Å². The summed E-state index contributed by atoms with van der Waals surface area (Å²) in [4.78, 5) is 11.7. The molecule has 0 radical (unpaired) electrons. The summed E-state index contributed by atoms with van der Waals surface area (Å²) in [5.41, 5.74) is 0.153. The Bertz CT molecular complexity index is 676. The lowest BCUT2D eigenvalue weighted by Crippen LogP contribution is -2.31. The van der Waals surface area contributed by atoms with Crippen molar-refractivity contribution in [2.45, 2.75) is 13.0 Å². The van der Waals surface area contributed by atoms with E-state index in [1.165, 1.54) is 24.3 Å². The number of amides is 1. The first kappa shape index (κ1) is 15.9. The lowest BCUT2D eigenvalue weighted by Gasteiger charge is -2.15. The minimum absolute atomic E-state index is 0.0433. The monoisotopic (exact) mass is 309 g/mol. The predicted molar refractivity (Wildman–Crippen MR) is 74.8 cm³/mol. The summed E-state index contributed by atoms with van der Waals surface area (Å²) in [6.07, 6.45) is 0. The summed E-state index contributed by atoms with van der Waals surface area (Å²) < 4.78 is 44.8. The minimum atomic E-state index is -0.747. The van der Waals surface area contributed by atoms with E-state index in [-0.39, 0.29) is 11.3 Å². The average Bonchev–Trinajstić information content (AvgIpc) is 2.46. The highest BCUT2D eigenvalue weighted by atomic mass is 19.1. The summed E-state index contributed by atoms with van der Waals surface area (Å²) in [6.45, 7) is 1.14. The second kappa shape index (κ2) is 6.98. The molecule has 2 aromatic carbocycles. The molecule has 0 heterocycles. The van der Waals surface area contributed by atoms with Crippen LogP contribution in [0.4, 0.5) is 13.2 Å². The Hall–Kier alpha value is -2.50. The summed E-state index contributed by atoms with van der Waals surface area (Å²) >= 11 is 0. The van der Waals surface area contributed by atoms with Crippen LogP contribution in [0.15, 0.2) is 42.5 Å². The quantitative estimate of drug-likeness (QED) is 0.920. The molecule has 0 aliphatic heterocycles. The molecule has 0 aliphatic rings. The van der Waals surface area contributed by atoms with Crippen molar-refractivity contribution in [3.05, 3.63) is 65.5 Å². The largest absolute Gasteiger partial charge is 0.481 e. The second-order valence-corrected chi connectivity index (χ2v) is 4.67. The van der Waals surface area contributed by atoms with Gasteiger partial charge in [-0.3, -0.25) is 4.79 Å². The van der Waals surface area contributed by atoms with E-state index >= 15 is 0 Å². The second-order valence-electron chi connectivity index (χ2n) is 4.67. The fourth-order valence-electron chi connectivity index (χ4n) is 1.92. The number of benzene rings is 2. The maximum absolute atomic E-state index is 13.6. The van der Waals surface area contributed by atoms with Crippen LogP contribution in [0, 0.1) is 17.5 Å². The van der Waals surface area contributed by atoms with Crippen LogP contribution in [-0.2, 0) is 4.79 Å². The van der Waals surface area contributed by atoms with Crippen LogP contribution in [0.1, 0.15) is 18.5 Å². The first-order valence-corrected chi connectivity index (χ1v) is 6.59. The maximum Gasteiger partial charge on any atom is 0.258 e. The number of carbonyl (C=O) groups excluding carboxylic acids is 1. The molecule has 6 heteroatoms. The van der Waals surface area contributed by atoms with Crippen molar-refractivity contribution < 1.29 is 22.7 Å². The van der Waals surface area contributed by atoms with Crippen molar-refractivity contribution >= 4 is 5.91 Å². The Kier molecular flexibility index (Phi) is 5.04. The summed E-state index contributed by atoms with van der Waals surface area (Å²) in [5.74, 6) is -2.60. The smallest absolute Gasteiger partial charge is 0.258 e. The molecule has 0 saturated carbocycles. The molecule has 2 rings (SSSR count). The zero-order valence-electron chi connectivity index (χ0n) is 11.8. The Morgan fingerprint density at radius 3 is 2.55 bits per heavy atom. The third kappa shape index (κ3) is 4.00. The van der Waals surface area contributed by atoms with Gasteiger partial charge < -0.3 is 10.1 Å². The van der Waals surface area contributed by atoms with Gasteiger partial charge in [0.15, 0.2) is 18.2 Å². The fraction of sp³-hybridized carbons (Fsp3) is 0.188. The number of hydrogen-bond acceptors (Lipinski definition) is 2. The highest BCUT2D eigenvalue weighted by Gasteiger charge is 2.15. The summed E-state index contributed by atoms with van der Waals surface area (Å²) in [7, 11) is 0. The molecule has 0 fully saturated rings. The number of carbonyl (C=O) groups is 1. The zero-order valence-corrected chi connectivity index (χ0v) is 11.8. The first-order chi connectivity index (χ1) is 10.5. The van der Waals surface area contributed by atoms with Crippen molar-refractivity contribution in [1.29, 1.82) is 0 Å². The lowest BCUT2D eigenvalue weighted by atomic mass is 10.1. The minimum Gasteiger partial charge on any atom is -0.481 e. The van der Waals surface area contributed by atoms with Crippen LogP contribution in [0.5, 0.6) is 5.75 Å². The van der Waals surface area contributed by atoms with Crippen LogP contribution in [0.25, 0.3) is 0 Å². The van der Waals surface area contributed by atoms with Crippen LogP contribution < -0.4 is 10.1 Å². The third-order valence-corrected chi connectivity index (χ3v) is 3.00. The Morgan fingerprint density at radius 2 is 1.86 bits per heavy atom. The average molecular weight is 309 g/mol. The molecule has 0 aliphatic carbocycles. The molecule has 116 valence electrons. The standard InChI is InChI=1S/C16H14F3NO2/c1-10(12-7-6-11(17)8-14(12)19)20-16(21)9-22-15-5-3-2-4-13(15)18/h2-8,10H,9H2,1H3,(H,20,21). The van der Waals surface area contributed by atoms with Crippen LogP contribution in [-0.4, -0.2) is 12.5 Å². The third-order valence-electron chi connectivity index (χ3n) is 3.00. The van der Waals surface area contributed by atoms with Crippen molar-refractivity contribution in [2.24, 2.45) is 0 Å². The van der Waals surface area contributed by atoms with E-state index in [1.807, 2.05) is 0 Å². The molecule has 3 nitrogen and oxygen atoms in total. The van der Waals surface area contributed by atoms with Gasteiger partial charge >= 0.3 is 0 Å². The van der Waals surface area contributed by atoms with Gasteiger partial charge in [0.05, 0.1) is 6.04 Å². The van der Waals surface area contributed by atoms with Crippen molar-refractivity contribution in [2.75, 3.05) is 6.61 Å². The molecular weight excluding hydrogens is 295 g/mol. The Morgan fingerprint density at radius 1 is 1.14 bits per heavy atom. The fourth-order valence-corrected chi connectivity index (χ4v) is 1.92. The number of para-hydroxylation sites is 1. The molecule has 2 aromatic rings. The molecule has 1 N–H and O–H groups in total. The number of hydrogen-bond donors (Lipinski definition) is 1. The van der Waals surface area contributed by atoms with Gasteiger partial charge in [-0.25, -0.2) is 13.2 Å². The number of halogens is 3. The lowest BCUT2D eigenvalue weighted by molar-refractivity contribution is -0.123. The first-order valence-electron chi connectivity index (χ1n) is 6.59. The normalized spacial score (nSPS) is 11.8. The van der Waals surface area contributed by atoms with Crippen LogP contribution in [0.2, 0.25) is 0 Å². The van der Waals surface area contributed by atoms with Gasteiger partial charge in [-0.15, -0.1) is 0 Å². The van der Waals surface area contributed by atoms with E-state index in [0.29, 0.717) is 0 Å². The molecule has 0 saturated heterocycles. The molecule has 1 atom stereocenters. The zero-order chi connectivity index (χ0) is 16.1. The van der Waals surface area contributed by atoms with E-state index in [1.54, 1.807) is 13.0 Å². The maximum atomic E-state index is 13.6. The summed E-state index contributed by atoms with van der Waals surface area (Å²) in [5, 5.41) is 2.50. The molecule has 22 heavy (non-hydrogen) atoms. The van der Waals surface area contributed by atoms with Gasteiger partial charge in [0.2, 0.25) is 0 Å². The van der Waals surface area contributed by atoms with Gasteiger partial charge in [0.1, 0.15) is 11.6 Å². The molecule has 1 amide bonds. The van der Waals surface area contributed by atoms with Crippen molar-refractivity contribution in [1.82, 2.24) is 5.32 Å². The van der Waals surface area contributed by atoms with Crippen molar-refractivity contribution in [3.63, 3.8) is 0 Å². The van der Waals surface area contributed by atoms with E-state index in [4.69, 9.17) is 4.74 Å². The Labute approximate surface area is 125 Å². The summed E-state index contributed by atoms with van der Waals surface area (Å²) in [6, 6.07) is 8.12. The molecule has 0 bridgehead atoms.